The number of benzene rings is 3. The summed E-state index contributed by atoms with van der Waals surface area (Å²) in [6.45, 7) is 1.02. The lowest BCUT2D eigenvalue weighted by Gasteiger charge is -2.14. The number of alkyl halides is 3. The van der Waals surface area contributed by atoms with Gasteiger partial charge in [-0.05, 0) is 79.3 Å². The van der Waals surface area contributed by atoms with E-state index in [-0.39, 0.29) is 24.1 Å². The molecule has 2 saturated carbocycles. The number of para-hydroxylation sites is 1. The summed E-state index contributed by atoms with van der Waals surface area (Å²) < 4.78 is 49.3. The number of hydrogen-bond donors (Lipinski definition) is 2. The predicted octanol–water partition coefficient (Wildman–Crippen LogP) is 5.73. The summed E-state index contributed by atoms with van der Waals surface area (Å²) in [6.07, 6.45) is -1.91. The highest BCUT2D eigenvalue weighted by atomic mass is 19.4. The van der Waals surface area contributed by atoms with Gasteiger partial charge in [0.25, 0.3) is 5.91 Å². The van der Waals surface area contributed by atoms with Crippen molar-refractivity contribution in [2.24, 2.45) is 5.92 Å². The van der Waals surface area contributed by atoms with Crippen LogP contribution in [0.1, 0.15) is 46.7 Å². The summed E-state index contributed by atoms with van der Waals surface area (Å²) in [5.74, 6) is -1.40. The number of halogens is 3. The first kappa shape index (κ1) is 25.8. The summed E-state index contributed by atoms with van der Waals surface area (Å²) >= 11 is 0. The van der Waals surface area contributed by atoms with Crippen LogP contribution >= 0.6 is 0 Å². The van der Waals surface area contributed by atoms with E-state index in [9.17, 15) is 22.8 Å². The van der Waals surface area contributed by atoms with Crippen LogP contribution in [0.15, 0.2) is 72.8 Å². The molecular weight excluding hydrogens is 497 g/mol. The molecule has 0 saturated heterocycles. The van der Waals surface area contributed by atoms with Gasteiger partial charge in [-0.1, -0.05) is 36.4 Å². The second kappa shape index (κ2) is 10.9. The first-order valence-electron chi connectivity index (χ1n) is 12.5. The molecule has 0 heterocycles. The van der Waals surface area contributed by atoms with Gasteiger partial charge in [0.15, 0.2) is 0 Å². The van der Waals surface area contributed by atoms with Gasteiger partial charge in [0.05, 0.1) is 5.56 Å². The molecule has 2 aliphatic rings. The van der Waals surface area contributed by atoms with Crippen molar-refractivity contribution in [3.05, 3.63) is 89.5 Å². The summed E-state index contributed by atoms with van der Waals surface area (Å²) in [5.41, 5.74) is 1.30. The van der Waals surface area contributed by atoms with Crippen molar-refractivity contribution in [1.82, 2.24) is 10.6 Å². The lowest BCUT2D eigenvalue weighted by Crippen LogP contribution is -2.30. The Labute approximate surface area is 218 Å². The van der Waals surface area contributed by atoms with Crippen LogP contribution in [0.4, 0.5) is 13.2 Å². The van der Waals surface area contributed by atoms with Crippen molar-refractivity contribution in [3.63, 3.8) is 0 Å². The number of hydrogen-bond acceptors (Lipinski definition) is 5. The average Bonchev–Trinajstić information content (AvgIpc) is 3.82. The fourth-order valence-corrected chi connectivity index (χ4v) is 4.25. The first-order chi connectivity index (χ1) is 18.3. The van der Waals surface area contributed by atoms with Gasteiger partial charge in [-0.2, -0.15) is 13.2 Å². The molecule has 6 nitrogen and oxygen atoms in total. The molecule has 9 heteroatoms. The summed E-state index contributed by atoms with van der Waals surface area (Å²) in [5, 5.41) is 6.16. The second-order valence-electron chi connectivity index (χ2n) is 9.69. The molecule has 0 aliphatic heterocycles. The van der Waals surface area contributed by atoms with Crippen molar-refractivity contribution in [2.45, 2.75) is 43.9 Å². The molecule has 3 aromatic carbocycles. The standard InChI is InChI=1S/C29H27F3N2O4/c30-29(31,32)28(36)38-26-14-20(24-15-25(24)33-16-18-9-10-18)11-12-23(26)27(35)34-17-19-5-4-8-22(13-19)37-21-6-2-1-3-7-21/h1-8,11-14,18,24-25,33H,9-10,15-17H2,(H,34,35). The smallest absolute Gasteiger partial charge is 0.457 e. The zero-order chi connectivity index (χ0) is 26.7. The number of carbonyl (C=O) groups excluding carboxylic acids is 2. The van der Waals surface area contributed by atoms with Crippen molar-refractivity contribution < 1.29 is 32.2 Å². The van der Waals surface area contributed by atoms with E-state index in [1.54, 1.807) is 30.3 Å². The van der Waals surface area contributed by atoms with Crippen LogP contribution in [0.25, 0.3) is 0 Å². The van der Waals surface area contributed by atoms with Gasteiger partial charge >= 0.3 is 12.1 Å². The normalized spacial score (nSPS) is 18.5. The van der Waals surface area contributed by atoms with Crippen LogP contribution in [0, 0.1) is 5.92 Å². The molecule has 2 atom stereocenters. The van der Waals surface area contributed by atoms with Crippen LogP contribution < -0.4 is 20.1 Å². The van der Waals surface area contributed by atoms with E-state index < -0.39 is 23.8 Å². The fraction of sp³-hybridized carbons (Fsp3) is 0.310. The molecule has 198 valence electrons. The van der Waals surface area contributed by atoms with Gasteiger partial charge in [-0.25, -0.2) is 4.79 Å². The monoisotopic (exact) mass is 524 g/mol. The summed E-state index contributed by atoms with van der Waals surface area (Å²) in [6, 6.07) is 21.0. The van der Waals surface area contributed by atoms with Gasteiger partial charge in [-0.3, -0.25) is 4.79 Å². The number of rotatable bonds is 10. The molecule has 0 aromatic heterocycles. The maximum absolute atomic E-state index is 13.0. The Morgan fingerprint density at radius 1 is 0.921 bits per heavy atom. The zero-order valence-corrected chi connectivity index (χ0v) is 20.5. The van der Waals surface area contributed by atoms with E-state index in [0.29, 0.717) is 17.4 Å². The average molecular weight is 525 g/mol. The number of esters is 1. The maximum Gasteiger partial charge on any atom is 0.491 e. The van der Waals surface area contributed by atoms with E-state index in [1.165, 1.54) is 25.0 Å². The van der Waals surface area contributed by atoms with E-state index in [4.69, 9.17) is 4.74 Å². The van der Waals surface area contributed by atoms with E-state index >= 15 is 0 Å². The topological polar surface area (TPSA) is 76.7 Å². The van der Waals surface area contributed by atoms with Crippen molar-refractivity contribution in [1.29, 1.82) is 0 Å². The van der Waals surface area contributed by atoms with Crippen LogP contribution in [0.5, 0.6) is 17.2 Å². The Hall–Kier alpha value is -3.85. The van der Waals surface area contributed by atoms with Gasteiger partial charge in [0.1, 0.15) is 17.2 Å². The SMILES string of the molecule is O=C(NCc1cccc(Oc2ccccc2)c1)c1ccc(C2CC2NCC2CC2)cc1OC(=O)C(F)(F)F. The van der Waals surface area contributed by atoms with E-state index in [1.807, 2.05) is 30.3 Å². The minimum absolute atomic E-state index is 0.0923. The van der Waals surface area contributed by atoms with Crippen molar-refractivity contribution in [2.75, 3.05) is 6.54 Å². The minimum atomic E-state index is -5.18. The van der Waals surface area contributed by atoms with E-state index in [2.05, 4.69) is 15.4 Å². The zero-order valence-electron chi connectivity index (χ0n) is 20.5. The van der Waals surface area contributed by atoms with Gasteiger partial charge in [-0.15, -0.1) is 0 Å². The third-order valence-electron chi connectivity index (χ3n) is 6.60. The lowest BCUT2D eigenvalue weighted by molar-refractivity contribution is -0.189. The fourth-order valence-electron chi connectivity index (χ4n) is 4.25. The molecular formula is C29H27F3N2O4. The predicted molar refractivity (Wildman–Crippen MR) is 134 cm³/mol. The number of amides is 1. The lowest BCUT2D eigenvalue weighted by atomic mass is 10.1. The molecule has 0 spiro atoms. The molecule has 2 unspecified atom stereocenters. The number of nitrogens with one attached hydrogen (secondary N) is 2. The molecule has 2 N–H and O–H groups in total. The highest BCUT2D eigenvalue weighted by molar-refractivity contribution is 5.98. The minimum Gasteiger partial charge on any atom is -0.457 e. The molecule has 5 rings (SSSR count). The Morgan fingerprint density at radius 2 is 1.68 bits per heavy atom. The molecule has 2 fully saturated rings. The Bertz CT molecular complexity index is 1310. The summed E-state index contributed by atoms with van der Waals surface area (Å²) in [4.78, 5) is 24.6. The van der Waals surface area contributed by atoms with Gasteiger partial charge < -0.3 is 20.1 Å². The maximum atomic E-state index is 13.0. The number of ether oxygens (including phenoxy) is 2. The van der Waals surface area contributed by atoms with Crippen LogP contribution in [0.3, 0.4) is 0 Å². The molecule has 1 amide bonds. The second-order valence-corrected chi connectivity index (χ2v) is 9.69. The van der Waals surface area contributed by atoms with Crippen molar-refractivity contribution >= 4 is 11.9 Å². The van der Waals surface area contributed by atoms with Crippen LogP contribution in [-0.4, -0.2) is 30.6 Å². The molecule has 2 aliphatic carbocycles. The van der Waals surface area contributed by atoms with E-state index in [0.717, 1.165) is 24.1 Å². The van der Waals surface area contributed by atoms with Crippen LogP contribution in [0.2, 0.25) is 0 Å². The molecule has 0 radical (unpaired) electrons. The molecule has 0 bridgehead atoms. The Balaban J connectivity index is 1.27. The third kappa shape index (κ3) is 6.72. The Kier molecular flexibility index (Phi) is 7.37. The Morgan fingerprint density at radius 3 is 2.42 bits per heavy atom. The quantitative estimate of drug-likeness (QED) is 0.262. The number of carbonyl (C=O) groups is 2. The molecule has 38 heavy (non-hydrogen) atoms. The largest absolute Gasteiger partial charge is 0.491 e. The van der Waals surface area contributed by atoms with Gasteiger partial charge in [0.2, 0.25) is 0 Å². The highest BCUT2D eigenvalue weighted by Gasteiger charge is 2.43. The molecule has 3 aromatic rings. The first-order valence-corrected chi connectivity index (χ1v) is 12.5. The highest BCUT2D eigenvalue weighted by Crippen LogP contribution is 2.43. The van der Waals surface area contributed by atoms with Crippen molar-refractivity contribution in [3.8, 4) is 17.2 Å². The third-order valence-corrected chi connectivity index (χ3v) is 6.60. The van der Waals surface area contributed by atoms with Crippen LogP contribution in [-0.2, 0) is 11.3 Å². The van der Waals surface area contributed by atoms with Gasteiger partial charge in [0, 0.05) is 18.5 Å². The summed E-state index contributed by atoms with van der Waals surface area (Å²) in [7, 11) is 0.